The van der Waals surface area contributed by atoms with Crippen LogP contribution in [-0.4, -0.2) is 46.7 Å². The fourth-order valence-electron chi connectivity index (χ4n) is 3.81. The van der Waals surface area contributed by atoms with E-state index in [1.54, 1.807) is 36.4 Å². The summed E-state index contributed by atoms with van der Waals surface area (Å²) < 4.78 is 39.0. The van der Waals surface area contributed by atoms with E-state index in [4.69, 9.17) is 0 Å². The minimum Gasteiger partial charge on any atom is -0.350 e. The Bertz CT molecular complexity index is 1070. The van der Waals surface area contributed by atoms with Gasteiger partial charge < -0.3 is 10.2 Å². The van der Waals surface area contributed by atoms with Gasteiger partial charge in [-0.2, -0.15) is 18.3 Å². The first kappa shape index (κ1) is 25.5. The van der Waals surface area contributed by atoms with Crippen LogP contribution in [0.5, 0.6) is 0 Å². The van der Waals surface area contributed by atoms with Gasteiger partial charge in [0.25, 0.3) is 5.91 Å². The lowest BCUT2D eigenvalue weighted by atomic mass is 10.1. The van der Waals surface area contributed by atoms with Crippen molar-refractivity contribution in [2.45, 2.75) is 45.8 Å². The summed E-state index contributed by atoms with van der Waals surface area (Å²) in [5.74, 6) is -0.129. The van der Waals surface area contributed by atoms with Gasteiger partial charge in [-0.05, 0) is 75.3 Å². The largest absolute Gasteiger partial charge is 0.416 e. The van der Waals surface area contributed by atoms with Crippen molar-refractivity contribution in [1.29, 1.82) is 0 Å². The zero-order valence-electron chi connectivity index (χ0n) is 19.7. The Labute approximate surface area is 198 Å². The van der Waals surface area contributed by atoms with Crippen LogP contribution in [0.15, 0.2) is 54.6 Å². The maximum atomic E-state index is 13.0. The Kier molecular flexibility index (Phi) is 8.50. The van der Waals surface area contributed by atoms with Gasteiger partial charge in [-0.1, -0.05) is 38.1 Å². The molecule has 8 heteroatoms. The highest BCUT2D eigenvalue weighted by Crippen LogP contribution is 2.32. The Morgan fingerprint density at radius 2 is 1.76 bits per heavy atom. The van der Waals surface area contributed by atoms with Crippen LogP contribution < -0.4 is 5.32 Å². The van der Waals surface area contributed by atoms with Gasteiger partial charge in [-0.3, -0.25) is 9.89 Å². The van der Waals surface area contributed by atoms with Crippen molar-refractivity contribution in [2.24, 2.45) is 0 Å². The normalized spacial score (nSPS) is 12.7. The number of hydrogen-bond donors (Lipinski definition) is 2. The van der Waals surface area contributed by atoms with Crippen LogP contribution in [0.4, 0.5) is 13.2 Å². The van der Waals surface area contributed by atoms with E-state index in [1.807, 2.05) is 6.92 Å². The minimum atomic E-state index is -4.41. The van der Waals surface area contributed by atoms with Gasteiger partial charge in [0.15, 0.2) is 0 Å². The molecule has 5 nitrogen and oxygen atoms in total. The van der Waals surface area contributed by atoms with Crippen molar-refractivity contribution in [2.75, 3.05) is 19.6 Å². The van der Waals surface area contributed by atoms with E-state index in [9.17, 15) is 18.0 Å². The molecular formula is C26H31F3N4O. The van der Waals surface area contributed by atoms with Crippen molar-refractivity contribution in [1.82, 2.24) is 20.4 Å². The maximum absolute atomic E-state index is 13.0. The predicted octanol–water partition coefficient (Wildman–Crippen LogP) is 6.00. The molecule has 34 heavy (non-hydrogen) atoms. The summed E-state index contributed by atoms with van der Waals surface area (Å²) in [5.41, 5.74) is 2.08. The van der Waals surface area contributed by atoms with Crippen molar-refractivity contribution in [3.05, 3.63) is 65.7 Å². The predicted molar refractivity (Wildman–Crippen MR) is 128 cm³/mol. The molecule has 182 valence electrons. The molecule has 0 fully saturated rings. The van der Waals surface area contributed by atoms with Gasteiger partial charge in [0.2, 0.25) is 0 Å². The third-order valence-corrected chi connectivity index (χ3v) is 5.91. The van der Waals surface area contributed by atoms with Crippen LogP contribution in [-0.2, 0) is 6.18 Å². The summed E-state index contributed by atoms with van der Waals surface area (Å²) in [6.07, 6.45) is -2.47. The molecule has 0 bridgehead atoms. The second kappa shape index (κ2) is 11.3. The lowest BCUT2D eigenvalue weighted by molar-refractivity contribution is -0.137. The number of benzene rings is 2. The number of alkyl halides is 3. The van der Waals surface area contributed by atoms with E-state index in [1.165, 1.54) is 6.07 Å². The van der Waals surface area contributed by atoms with Gasteiger partial charge in [-0.25, -0.2) is 0 Å². The van der Waals surface area contributed by atoms with Gasteiger partial charge in [-0.15, -0.1) is 0 Å². The lowest BCUT2D eigenvalue weighted by Gasteiger charge is -2.19. The Balaban J connectivity index is 1.61. The third kappa shape index (κ3) is 6.70. The molecule has 1 atom stereocenters. The topological polar surface area (TPSA) is 61.0 Å². The van der Waals surface area contributed by atoms with Crippen molar-refractivity contribution >= 4 is 5.91 Å². The molecular weight excluding hydrogens is 441 g/mol. The number of rotatable bonds is 10. The average Bonchev–Trinajstić information content (AvgIpc) is 3.32. The monoisotopic (exact) mass is 472 g/mol. The number of nitrogens with zero attached hydrogens (tertiary/aromatic N) is 2. The zero-order valence-corrected chi connectivity index (χ0v) is 19.7. The molecule has 0 radical (unpaired) electrons. The molecule has 1 heterocycles. The molecule has 3 rings (SSSR count). The van der Waals surface area contributed by atoms with Crippen LogP contribution in [0.3, 0.4) is 0 Å². The summed E-state index contributed by atoms with van der Waals surface area (Å²) in [5, 5.41) is 10.1. The van der Waals surface area contributed by atoms with Crippen LogP contribution in [0.25, 0.3) is 22.5 Å². The first-order valence-corrected chi connectivity index (χ1v) is 11.6. The van der Waals surface area contributed by atoms with Crippen molar-refractivity contribution < 1.29 is 18.0 Å². The molecule has 0 aliphatic rings. The summed E-state index contributed by atoms with van der Waals surface area (Å²) in [4.78, 5) is 14.9. The second-order valence-electron chi connectivity index (χ2n) is 8.37. The zero-order chi connectivity index (χ0) is 24.7. The number of nitrogens with one attached hydrogen (secondary N) is 2. The molecule has 2 aromatic carbocycles. The molecule has 0 aliphatic heterocycles. The quantitative estimate of drug-likeness (QED) is 0.380. The van der Waals surface area contributed by atoms with E-state index in [-0.39, 0.29) is 11.9 Å². The first-order valence-electron chi connectivity index (χ1n) is 11.6. The molecule has 0 saturated heterocycles. The minimum absolute atomic E-state index is 0.0744. The number of amides is 1. The molecule has 3 aromatic rings. The molecule has 0 unspecified atom stereocenters. The summed E-state index contributed by atoms with van der Waals surface area (Å²) in [6, 6.07) is 13.9. The molecule has 0 aliphatic carbocycles. The average molecular weight is 473 g/mol. The Hall–Kier alpha value is -3.13. The number of aromatic amines is 1. The highest BCUT2D eigenvalue weighted by Gasteiger charge is 2.30. The second-order valence-corrected chi connectivity index (χ2v) is 8.37. The number of halogens is 3. The highest BCUT2D eigenvalue weighted by molar-refractivity contribution is 5.94. The SMILES string of the molecule is CCN(CC)CCC[C@H](C)NC(=O)c1ccc(-c2cc(-c3cccc(C(F)(F)F)c3)n[nH]2)cc1. The van der Waals surface area contributed by atoms with E-state index >= 15 is 0 Å². The Morgan fingerprint density at radius 1 is 1.06 bits per heavy atom. The van der Waals surface area contributed by atoms with Crippen LogP contribution in [0.2, 0.25) is 0 Å². The standard InChI is InChI=1S/C26H31F3N4O/c1-4-33(5-2)15-7-8-18(3)30-25(34)20-13-11-19(12-14-20)23-17-24(32-31-23)21-9-6-10-22(16-21)26(27,28)29/h6,9-14,16-18H,4-5,7-8,15H2,1-3H3,(H,30,34)(H,31,32)/t18-/m0/s1. The third-order valence-electron chi connectivity index (χ3n) is 5.91. The van der Waals surface area contributed by atoms with Crippen LogP contribution >= 0.6 is 0 Å². The fourth-order valence-corrected chi connectivity index (χ4v) is 3.81. The van der Waals surface area contributed by atoms with Gasteiger partial charge in [0, 0.05) is 17.2 Å². The van der Waals surface area contributed by atoms with E-state index < -0.39 is 11.7 Å². The van der Waals surface area contributed by atoms with E-state index in [0.29, 0.717) is 22.5 Å². The molecule has 1 aromatic heterocycles. The lowest BCUT2D eigenvalue weighted by Crippen LogP contribution is -2.33. The first-order chi connectivity index (χ1) is 16.2. The smallest absolute Gasteiger partial charge is 0.350 e. The van der Waals surface area contributed by atoms with Crippen LogP contribution in [0.1, 0.15) is 49.5 Å². The van der Waals surface area contributed by atoms with Gasteiger partial charge in [0.05, 0.1) is 17.0 Å². The number of carbonyl (C=O) groups is 1. The maximum Gasteiger partial charge on any atom is 0.416 e. The summed E-state index contributed by atoms with van der Waals surface area (Å²) in [6.45, 7) is 9.38. The van der Waals surface area contributed by atoms with E-state index in [2.05, 4.69) is 34.3 Å². The number of H-pyrrole nitrogens is 1. The fraction of sp³-hybridized carbons (Fsp3) is 0.385. The summed E-state index contributed by atoms with van der Waals surface area (Å²) >= 11 is 0. The summed E-state index contributed by atoms with van der Waals surface area (Å²) in [7, 11) is 0. The Morgan fingerprint density at radius 3 is 2.41 bits per heavy atom. The highest BCUT2D eigenvalue weighted by atomic mass is 19.4. The van der Waals surface area contributed by atoms with Gasteiger partial charge >= 0.3 is 6.18 Å². The van der Waals surface area contributed by atoms with Crippen molar-refractivity contribution in [3.8, 4) is 22.5 Å². The van der Waals surface area contributed by atoms with Crippen molar-refractivity contribution in [3.63, 3.8) is 0 Å². The number of aromatic nitrogens is 2. The number of hydrogen-bond acceptors (Lipinski definition) is 3. The number of carbonyl (C=O) groups excluding carboxylic acids is 1. The molecule has 0 saturated carbocycles. The molecule has 0 spiro atoms. The molecule has 2 N–H and O–H groups in total. The van der Waals surface area contributed by atoms with Gasteiger partial charge in [0.1, 0.15) is 0 Å². The van der Waals surface area contributed by atoms with E-state index in [0.717, 1.165) is 50.2 Å². The molecule has 1 amide bonds. The van der Waals surface area contributed by atoms with Crippen LogP contribution in [0, 0.1) is 0 Å².